The van der Waals surface area contributed by atoms with Crippen LogP contribution >= 0.6 is 0 Å². The summed E-state index contributed by atoms with van der Waals surface area (Å²) in [4.78, 5) is 38.8. The molecule has 1 saturated heterocycles. The van der Waals surface area contributed by atoms with Gasteiger partial charge >= 0.3 is 5.97 Å². The Morgan fingerprint density at radius 2 is 1.79 bits per heavy atom. The highest BCUT2D eigenvalue weighted by Gasteiger charge is 2.32. The summed E-state index contributed by atoms with van der Waals surface area (Å²) in [6.45, 7) is 8.13. The van der Waals surface area contributed by atoms with Gasteiger partial charge in [0.05, 0.1) is 6.61 Å². The zero-order chi connectivity index (χ0) is 23.9. The fourth-order valence-corrected chi connectivity index (χ4v) is 4.29. The Bertz CT molecular complexity index is 1080. The first-order chi connectivity index (χ1) is 16.5. The molecule has 1 aliphatic heterocycles. The summed E-state index contributed by atoms with van der Waals surface area (Å²) in [5.41, 5.74) is 0.972. The van der Waals surface area contributed by atoms with Crippen LogP contribution in [0.3, 0.4) is 0 Å². The van der Waals surface area contributed by atoms with Gasteiger partial charge in [0.1, 0.15) is 18.0 Å². The predicted molar refractivity (Wildman–Crippen MR) is 130 cm³/mol. The van der Waals surface area contributed by atoms with Crippen molar-refractivity contribution >= 4 is 17.7 Å². The van der Waals surface area contributed by atoms with Gasteiger partial charge in [0.2, 0.25) is 5.95 Å². The molecule has 0 radical (unpaired) electrons. The zero-order valence-corrected chi connectivity index (χ0v) is 20.0. The smallest absolute Gasteiger partial charge is 0.305 e. The van der Waals surface area contributed by atoms with E-state index < -0.39 is 0 Å². The van der Waals surface area contributed by atoms with E-state index in [-0.39, 0.29) is 18.1 Å². The van der Waals surface area contributed by atoms with Crippen LogP contribution in [0, 0.1) is 0 Å². The summed E-state index contributed by atoms with van der Waals surface area (Å²) in [5.74, 6) is 2.74. The fourth-order valence-electron chi connectivity index (χ4n) is 4.29. The largest absolute Gasteiger partial charge is 0.465 e. The highest BCUT2D eigenvalue weighted by molar-refractivity contribution is 5.69. The summed E-state index contributed by atoms with van der Waals surface area (Å²) in [6.07, 6.45) is 5.07. The molecule has 178 valence electrons. The molecule has 4 rings (SSSR count). The lowest BCUT2D eigenvalue weighted by Gasteiger charge is -2.45. The van der Waals surface area contributed by atoms with Gasteiger partial charge in [-0.05, 0) is 26.3 Å². The maximum atomic E-state index is 11.6. The molecule has 3 heterocycles. The number of piperazine rings is 1. The summed E-state index contributed by atoms with van der Waals surface area (Å²) in [7, 11) is 0. The molecule has 0 spiro atoms. The molecule has 0 amide bonds. The van der Waals surface area contributed by atoms with E-state index in [2.05, 4.69) is 38.6 Å². The number of aromatic nitrogens is 5. The van der Waals surface area contributed by atoms with Crippen molar-refractivity contribution in [1.29, 1.82) is 0 Å². The van der Waals surface area contributed by atoms with Gasteiger partial charge < -0.3 is 14.5 Å². The monoisotopic (exact) mass is 461 g/mol. The quantitative estimate of drug-likeness (QED) is 0.468. The predicted octanol–water partition coefficient (Wildman–Crippen LogP) is 3.32. The molecule has 0 N–H and O–H groups in total. The van der Waals surface area contributed by atoms with Crippen LogP contribution in [0.2, 0.25) is 0 Å². The van der Waals surface area contributed by atoms with Crippen molar-refractivity contribution < 1.29 is 9.53 Å². The number of hydrogen-bond donors (Lipinski definition) is 0. The van der Waals surface area contributed by atoms with Crippen molar-refractivity contribution in [3.8, 4) is 11.4 Å². The lowest BCUT2D eigenvalue weighted by Crippen LogP contribution is -2.57. The SMILES string of the molecule is CCCC(=O)OCCc1nccc(N2[C@H](C)CN(c3ncnc(-c4ccccc4)n3)C[C@@H]2C)n1. The Balaban J connectivity index is 1.43. The van der Waals surface area contributed by atoms with Crippen molar-refractivity contribution in [2.24, 2.45) is 0 Å². The van der Waals surface area contributed by atoms with E-state index in [4.69, 9.17) is 14.7 Å². The molecular weight excluding hydrogens is 430 g/mol. The molecule has 2 atom stereocenters. The standard InChI is InChI=1S/C25H31N7O2/c1-4-8-23(33)34-14-12-21-26-13-11-22(29-21)32-18(2)15-31(16-19(32)3)25-28-17-27-24(30-25)20-9-6-5-7-10-20/h5-7,9-11,13,17-19H,4,8,12,14-16H2,1-3H3/t18-,19+. The second-order valence-corrected chi connectivity index (χ2v) is 8.54. The van der Waals surface area contributed by atoms with Crippen molar-refractivity contribution in [2.75, 3.05) is 29.5 Å². The first-order valence-electron chi connectivity index (χ1n) is 11.8. The molecule has 1 fully saturated rings. The minimum absolute atomic E-state index is 0.175. The molecular formula is C25H31N7O2. The van der Waals surface area contributed by atoms with E-state index in [1.54, 1.807) is 12.5 Å². The third kappa shape index (κ3) is 5.65. The number of hydrogen-bond acceptors (Lipinski definition) is 9. The zero-order valence-electron chi connectivity index (χ0n) is 20.0. The van der Waals surface area contributed by atoms with Gasteiger partial charge in [0, 0.05) is 49.8 Å². The van der Waals surface area contributed by atoms with E-state index in [9.17, 15) is 4.79 Å². The van der Waals surface area contributed by atoms with Crippen LogP contribution in [0.15, 0.2) is 48.9 Å². The van der Waals surface area contributed by atoms with Crippen LogP contribution in [0.5, 0.6) is 0 Å². The van der Waals surface area contributed by atoms with Gasteiger partial charge in [-0.25, -0.2) is 19.9 Å². The average Bonchev–Trinajstić information content (AvgIpc) is 2.85. The molecule has 0 saturated carbocycles. The Morgan fingerprint density at radius 3 is 2.53 bits per heavy atom. The Labute approximate surface area is 200 Å². The maximum Gasteiger partial charge on any atom is 0.305 e. The molecule has 3 aromatic rings. The summed E-state index contributed by atoms with van der Waals surface area (Å²) < 4.78 is 5.26. The highest BCUT2D eigenvalue weighted by Crippen LogP contribution is 2.25. The highest BCUT2D eigenvalue weighted by atomic mass is 16.5. The van der Waals surface area contributed by atoms with Crippen molar-refractivity contribution in [2.45, 2.75) is 52.1 Å². The number of nitrogens with zero attached hydrogens (tertiary/aromatic N) is 7. The number of ether oxygens (including phenoxy) is 1. The molecule has 0 bridgehead atoms. The lowest BCUT2D eigenvalue weighted by atomic mass is 10.1. The minimum Gasteiger partial charge on any atom is -0.465 e. The van der Waals surface area contributed by atoms with Crippen molar-refractivity contribution in [3.05, 3.63) is 54.7 Å². The normalized spacial score (nSPS) is 18.1. The van der Waals surface area contributed by atoms with Gasteiger partial charge in [0.25, 0.3) is 0 Å². The Hall–Kier alpha value is -3.62. The number of esters is 1. The lowest BCUT2D eigenvalue weighted by molar-refractivity contribution is -0.143. The van der Waals surface area contributed by atoms with E-state index >= 15 is 0 Å². The second kappa shape index (κ2) is 11.0. The third-order valence-corrected chi connectivity index (χ3v) is 5.79. The molecule has 0 unspecified atom stereocenters. The first kappa shape index (κ1) is 23.5. The van der Waals surface area contributed by atoms with Gasteiger partial charge in [-0.3, -0.25) is 4.79 Å². The Kier molecular flexibility index (Phi) is 7.61. The van der Waals surface area contributed by atoms with Crippen LogP contribution in [0.1, 0.15) is 39.4 Å². The van der Waals surface area contributed by atoms with E-state index in [0.717, 1.165) is 30.9 Å². The fraction of sp³-hybridized carbons (Fsp3) is 0.440. The van der Waals surface area contributed by atoms with Crippen LogP contribution < -0.4 is 9.80 Å². The average molecular weight is 462 g/mol. The first-order valence-corrected chi connectivity index (χ1v) is 11.8. The molecule has 0 aliphatic carbocycles. The van der Waals surface area contributed by atoms with Gasteiger partial charge in [-0.15, -0.1) is 0 Å². The molecule has 34 heavy (non-hydrogen) atoms. The summed E-state index contributed by atoms with van der Waals surface area (Å²) in [5, 5.41) is 0. The van der Waals surface area contributed by atoms with E-state index in [1.807, 2.05) is 43.3 Å². The second-order valence-electron chi connectivity index (χ2n) is 8.54. The molecule has 1 aromatic carbocycles. The number of anilines is 2. The minimum atomic E-state index is -0.175. The molecule has 9 heteroatoms. The number of carbonyl (C=O) groups excluding carboxylic acids is 1. The number of carbonyl (C=O) groups is 1. The van der Waals surface area contributed by atoms with Crippen LogP contribution in [0.4, 0.5) is 11.8 Å². The van der Waals surface area contributed by atoms with Crippen molar-refractivity contribution in [3.63, 3.8) is 0 Å². The van der Waals surface area contributed by atoms with E-state index in [0.29, 0.717) is 37.0 Å². The topological polar surface area (TPSA) is 97.2 Å². The molecule has 2 aromatic heterocycles. The number of benzene rings is 1. The van der Waals surface area contributed by atoms with Gasteiger partial charge in [-0.1, -0.05) is 37.3 Å². The summed E-state index contributed by atoms with van der Waals surface area (Å²) >= 11 is 0. The van der Waals surface area contributed by atoms with Crippen LogP contribution in [-0.2, 0) is 16.0 Å². The van der Waals surface area contributed by atoms with Gasteiger partial charge in [0.15, 0.2) is 5.82 Å². The third-order valence-electron chi connectivity index (χ3n) is 5.79. The Morgan fingerprint density at radius 1 is 1.03 bits per heavy atom. The maximum absolute atomic E-state index is 11.6. The van der Waals surface area contributed by atoms with Crippen molar-refractivity contribution in [1.82, 2.24) is 24.9 Å². The van der Waals surface area contributed by atoms with Crippen LogP contribution in [-0.4, -0.2) is 62.7 Å². The van der Waals surface area contributed by atoms with Gasteiger partial charge in [-0.2, -0.15) is 4.98 Å². The molecule has 9 nitrogen and oxygen atoms in total. The number of rotatable bonds is 8. The van der Waals surface area contributed by atoms with E-state index in [1.165, 1.54) is 0 Å². The molecule has 1 aliphatic rings. The van der Waals surface area contributed by atoms with Crippen LogP contribution in [0.25, 0.3) is 11.4 Å². The summed E-state index contributed by atoms with van der Waals surface area (Å²) in [6, 6.07) is 12.2.